The lowest BCUT2D eigenvalue weighted by Crippen LogP contribution is -2.10. The number of anilines is 3. The zero-order valence-electron chi connectivity index (χ0n) is 72.7. The summed E-state index contributed by atoms with van der Waals surface area (Å²) in [7, 11) is 0. The third-order valence-corrected chi connectivity index (χ3v) is 31.7. The highest BCUT2D eigenvalue weighted by Crippen LogP contribution is 2.50. The highest BCUT2D eigenvalue weighted by atomic mass is 32.1. The second-order valence-electron chi connectivity index (χ2n) is 34.9. The van der Waals surface area contributed by atoms with Gasteiger partial charge in [-0.3, -0.25) is 0 Å². The molecule has 8 nitrogen and oxygen atoms in total. The molecule has 0 radical (unpaired) electrons. The molecule has 136 heavy (non-hydrogen) atoms. The van der Waals surface area contributed by atoms with Crippen LogP contribution in [-0.2, 0) is 0 Å². The van der Waals surface area contributed by atoms with Gasteiger partial charge in [0.1, 0.15) is 22.5 Å². The van der Waals surface area contributed by atoms with Gasteiger partial charge in [-0.15, -0.1) is 45.3 Å². The van der Waals surface area contributed by atoms with E-state index in [0.29, 0.717) is 11.4 Å². The number of benzene rings is 20. The average molecular weight is 1800 g/mol. The van der Waals surface area contributed by atoms with Crippen LogP contribution in [0.2, 0.25) is 0 Å². The molecule has 0 saturated carbocycles. The predicted molar refractivity (Wildman–Crippen MR) is 582 cm³/mol. The minimum Gasteiger partial charge on any atom is -0.452 e. The van der Waals surface area contributed by atoms with Crippen molar-refractivity contribution in [3.05, 3.63) is 431 Å². The number of rotatable bonds is 8. The average Bonchev–Trinajstić information content (AvgIpc) is 1.49. The summed E-state index contributed by atoms with van der Waals surface area (Å²) in [5, 5.41) is 29.9. The Bertz CT molecular complexity index is 10200. The highest BCUT2D eigenvalue weighted by Gasteiger charge is 2.26. The molecule has 0 N–H and O–H groups in total. The van der Waals surface area contributed by atoms with Gasteiger partial charge in [-0.25, -0.2) is 29.9 Å². The first kappa shape index (κ1) is 77.9. The fraction of sp³-hybridized carbons (Fsp3) is 0. The van der Waals surface area contributed by atoms with Gasteiger partial charge in [0.25, 0.3) is 0 Å². The van der Waals surface area contributed by atoms with E-state index in [0.717, 1.165) is 133 Å². The Morgan fingerprint density at radius 1 is 0.199 bits per heavy atom. The minimum atomic E-state index is 0.585. The van der Waals surface area contributed by atoms with E-state index in [1.807, 2.05) is 52.2 Å². The standard InChI is InChI=1S/C45H28N2S.C40H22N2S2.C39H21N3OS/c1-3-11-32-25-35(23-17-29(32)9-1)47(36-24-18-30-10-2-4-12-33(30)26-36)34-21-19-31(20-22-34)45-39-15-6-5-13-37(39)40-27-41-38-14-7-8-16-43(38)48-44(41)28-42(40)46-45;1-2-10-24-19-25(18-17-23(24)9-1)30-21-34(42-39-29-14-6-8-16-36(29)44-40(30)39)38-28-13-4-3-11-26(28)31-20-32-27-12-5-7-15-35(27)43-37(32)22-33(31)41-38;1-2-12-23-22(10-1)11-9-17-26(23)35-38-36(28-16-5-7-18-32(28)43-38)42-39(41-35)37-27-15-4-3-13-24(27)29-20-30-25-14-6-8-19-33(25)44-34(30)21-31(29)40-37/h1-28H;1-22H;1-21H. The Kier molecular flexibility index (Phi) is 18.0. The molecule has 0 bridgehead atoms. The highest BCUT2D eigenvalue weighted by molar-refractivity contribution is 7.27. The van der Waals surface area contributed by atoms with E-state index in [9.17, 15) is 0 Å². The van der Waals surface area contributed by atoms with Gasteiger partial charge in [0.2, 0.25) is 0 Å². The van der Waals surface area contributed by atoms with Crippen molar-refractivity contribution in [1.29, 1.82) is 0 Å². The number of aromatic nitrogens is 6. The summed E-state index contributed by atoms with van der Waals surface area (Å²) in [5.74, 6) is 0.585. The summed E-state index contributed by atoms with van der Waals surface area (Å²) < 4.78 is 16.6. The van der Waals surface area contributed by atoms with Crippen LogP contribution in [0.25, 0.3) is 268 Å². The molecule has 10 aromatic heterocycles. The van der Waals surface area contributed by atoms with Crippen LogP contribution >= 0.6 is 45.3 Å². The van der Waals surface area contributed by atoms with Gasteiger partial charge in [-0.1, -0.05) is 309 Å². The van der Waals surface area contributed by atoms with E-state index in [1.165, 1.54) is 140 Å². The predicted octanol–water partition coefficient (Wildman–Crippen LogP) is 36.1. The molecule has 30 rings (SSSR count). The van der Waals surface area contributed by atoms with Crippen molar-refractivity contribution < 1.29 is 4.42 Å². The molecule has 20 aromatic carbocycles. The van der Waals surface area contributed by atoms with Crippen LogP contribution in [0.3, 0.4) is 0 Å². The summed E-state index contributed by atoms with van der Waals surface area (Å²) in [5.41, 5.74) is 18.5. The van der Waals surface area contributed by atoms with Gasteiger partial charge in [0.15, 0.2) is 11.4 Å². The van der Waals surface area contributed by atoms with Crippen molar-refractivity contribution in [2.24, 2.45) is 0 Å². The van der Waals surface area contributed by atoms with E-state index in [4.69, 9.17) is 34.3 Å². The summed E-state index contributed by atoms with van der Waals surface area (Å²) in [6, 6.07) is 154. The monoisotopic (exact) mass is 1800 g/mol. The molecule has 10 heterocycles. The minimum absolute atomic E-state index is 0.585. The maximum Gasteiger partial charge on any atom is 0.180 e. The first-order chi connectivity index (χ1) is 67.3. The lowest BCUT2D eigenvalue weighted by Gasteiger charge is -2.26. The van der Waals surface area contributed by atoms with Crippen LogP contribution in [0.4, 0.5) is 17.1 Å². The molecule has 0 aliphatic rings. The van der Waals surface area contributed by atoms with Crippen LogP contribution in [0.5, 0.6) is 0 Å². The van der Waals surface area contributed by atoms with Gasteiger partial charge in [-0.05, 0) is 186 Å². The first-order valence-electron chi connectivity index (χ1n) is 45.6. The number of hydrogen-bond donors (Lipinski definition) is 0. The van der Waals surface area contributed by atoms with Crippen molar-refractivity contribution in [3.8, 4) is 56.5 Å². The number of furan rings is 1. The van der Waals surface area contributed by atoms with Gasteiger partial charge < -0.3 is 9.32 Å². The third-order valence-electron chi connectivity index (χ3n) is 27.1. The SMILES string of the molecule is c1ccc2c(-c3nc(-c4nc5cc6sc7ccccc7c6cc5c5ccccc45)nc4c3oc3ccccc34)cccc2c1.c1ccc2cc(-c3cc(-c4nc5cc6sc7ccccc7c6cc5c5ccccc45)nc4c3sc3ccccc34)ccc2c1.c1ccc2cc(N(c3ccc(-c4nc5cc6sc7ccccc7c6cc5c5ccccc45)cc3)c3ccc4ccccc4c3)ccc2c1. The lowest BCUT2D eigenvalue weighted by atomic mass is 9.97. The van der Waals surface area contributed by atoms with Crippen molar-refractivity contribution in [2.45, 2.75) is 0 Å². The number of nitrogens with zero attached hydrogens (tertiary/aromatic N) is 7. The molecule has 632 valence electrons. The van der Waals surface area contributed by atoms with Gasteiger partial charge in [0, 0.05) is 142 Å². The molecule has 0 atom stereocenters. The quantitative estimate of drug-likeness (QED) is 0.139. The van der Waals surface area contributed by atoms with Gasteiger partial charge >= 0.3 is 0 Å². The normalized spacial score (nSPS) is 12.0. The maximum atomic E-state index is 6.47. The first-order valence-corrected chi connectivity index (χ1v) is 48.9. The summed E-state index contributed by atoms with van der Waals surface area (Å²) >= 11 is 7.30. The summed E-state index contributed by atoms with van der Waals surface area (Å²) in [6.07, 6.45) is 0. The van der Waals surface area contributed by atoms with Crippen molar-refractivity contribution in [2.75, 3.05) is 4.90 Å². The topological polar surface area (TPSA) is 93.7 Å². The Morgan fingerprint density at radius 2 is 0.596 bits per heavy atom. The van der Waals surface area contributed by atoms with Gasteiger partial charge in [0.05, 0.1) is 43.8 Å². The fourth-order valence-corrected chi connectivity index (χ4v) is 25.2. The Balaban J connectivity index is 0.000000101. The number of hydrogen-bond acceptors (Lipinski definition) is 12. The molecule has 0 amide bonds. The van der Waals surface area contributed by atoms with Crippen LogP contribution in [0.1, 0.15) is 0 Å². The van der Waals surface area contributed by atoms with Crippen LogP contribution in [0.15, 0.2) is 435 Å². The number of para-hydroxylation sites is 1. The van der Waals surface area contributed by atoms with E-state index < -0.39 is 0 Å². The second-order valence-corrected chi connectivity index (χ2v) is 39.2. The van der Waals surface area contributed by atoms with Crippen LogP contribution < -0.4 is 4.90 Å². The molecule has 0 aliphatic heterocycles. The zero-order valence-corrected chi connectivity index (χ0v) is 75.9. The number of pyridine rings is 4. The van der Waals surface area contributed by atoms with Crippen molar-refractivity contribution in [3.63, 3.8) is 0 Å². The number of thiophene rings is 4. The molecular weight excluding hydrogens is 1730 g/mol. The van der Waals surface area contributed by atoms with Crippen molar-refractivity contribution >= 4 is 273 Å². The van der Waals surface area contributed by atoms with Crippen LogP contribution in [0, 0.1) is 0 Å². The lowest BCUT2D eigenvalue weighted by molar-refractivity contribution is 0.667. The van der Waals surface area contributed by atoms with E-state index in [1.54, 1.807) is 11.3 Å². The Hall–Kier alpha value is -16.8. The molecule has 12 heteroatoms. The molecule has 0 fully saturated rings. The molecule has 30 aromatic rings. The molecular formula is C124H71N7OS4. The molecule has 0 spiro atoms. The number of fused-ring (bicyclic) bond motifs is 28. The maximum absolute atomic E-state index is 6.47. The Morgan fingerprint density at radius 3 is 1.14 bits per heavy atom. The van der Waals surface area contributed by atoms with E-state index >= 15 is 0 Å². The Labute approximate surface area is 793 Å². The summed E-state index contributed by atoms with van der Waals surface area (Å²) in [6.45, 7) is 0. The van der Waals surface area contributed by atoms with Crippen molar-refractivity contribution in [1.82, 2.24) is 29.9 Å². The van der Waals surface area contributed by atoms with Crippen LogP contribution in [-0.4, -0.2) is 29.9 Å². The largest absolute Gasteiger partial charge is 0.452 e. The van der Waals surface area contributed by atoms with E-state index in [-0.39, 0.29) is 0 Å². The van der Waals surface area contributed by atoms with Gasteiger partial charge in [-0.2, -0.15) is 0 Å². The zero-order chi connectivity index (χ0) is 89.2. The smallest absolute Gasteiger partial charge is 0.180 e. The molecule has 0 unspecified atom stereocenters. The second kappa shape index (κ2) is 31.4. The third kappa shape index (κ3) is 12.9. The molecule has 0 saturated heterocycles. The van der Waals surface area contributed by atoms with E-state index in [2.05, 4.69) is 417 Å². The fourth-order valence-electron chi connectivity index (χ4n) is 20.6. The molecule has 0 aliphatic carbocycles. The summed E-state index contributed by atoms with van der Waals surface area (Å²) in [4.78, 5) is 34.3.